The highest BCUT2D eigenvalue weighted by Crippen LogP contribution is 2.43. The van der Waals surface area contributed by atoms with Gasteiger partial charge in [0.2, 0.25) is 0 Å². The predicted molar refractivity (Wildman–Crippen MR) is 141 cm³/mol. The van der Waals surface area contributed by atoms with Gasteiger partial charge in [-0.2, -0.15) is 0 Å². The molecule has 0 saturated carbocycles. The standard InChI is InChI=1S/C26H52NO6P/c1-5-6-7-8-9-10-11-12-13-14-15-16-17-18-19-20-22-31-24-26(30-4)25-33-34(28,29)32-23-21-27(2)3/h9-10,12-13,26H,5-8,11,14-25H2,1-4H3,(H,28,29). The molecule has 0 heterocycles. The first-order chi connectivity index (χ1) is 16.4. The van der Waals surface area contributed by atoms with E-state index in [1.54, 1.807) is 0 Å². The summed E-state index contributed by atoms with van der Waals surface area (Å²) in [4.78, 5) is 11.6. The van der Waals surface area contributed by atoms with E-state index in [1.807, 2.05) is 19.0 Å². The van der Waals surface area contributed by atoms with Crippen LogP contribution in [-0.2, 0) is 23.1 Å². The molecule has 0 radical (unpaired) electrons. The van der Waals surface area contributed by atoms with Gasteiger partial charge >= 0.3 is 7.82 Å². The summed E-state index contributed by atoms with van der Waals surface area (Å²) in [6.07, 6.45) is 23.4. The maximum Gasteiger partial charge on any atom is 0.472 e. The Morgan fingerprint density at radius 1 is 0.824 bits per heavy atom. The maximum atomic E-state index is 11.8. The van der Waals surface area contributed by atoms with Crippen LogP contribution in [0, 0.1) is 0 Å². The van der Waals surface area contributed by atoms with Gasteiger partial charge < -0.3 is 19.3 Å². The van der Waals surface area contributed by atoms with Crippen LogP contribution in [0.15, 0.2) is 24.3 Å². The van der Waals surface area contributed by atoms with Gasteiger partial charge in [-0.15, -0.1) is 0 Å². The molecule has 0 aromatic rings. The fraction of sp³-hybridized carbons (Fsp3) is 0.846. The maximum absolute atomic E-state index is 11.8. The van der Waals surface area contributed by atoms with Gasteiger partial charge in [0.1, 0.15) is 6.10 Å². The molecule has 0 aliphatic heterocycles. The molecular formula is C26H52NO6P. The summed E-state index contributed by atoms with van der Waals surface area (Å²) in [5.74, 6) is 0. The third kappa shape index (κ3) is 24.6. The van der Waals surface area contributed by atoms with Gasteiger partial charge in [-0.05, 0) is 52.6 Å². The molecule has 0 fully saturated rings. The first-order valence-electron chi connectivity index (χ1n) is 13.1. The molecule has 7 nitrogen and oxygen atoms in total. The van der Waals surface area contributed by atoms with Gasteiger partial charge in [0.25, 0.3) is 0 Å². The lowest BCUT2D eigenvalue weighted by molar-refractivity contribution is -0.0222. The van der Waals surface area contributed by atoms with Crippen molar-refractivity contribution in [3.05, 3.63) is 24.3 Å². The monoisotopic (exact) mass is 505 g/mol. The number of hydrogen-bond donors (Lipinski definition) is 1. The van der Waals surface area contributed by atoms with Crippen LogP contribution in [0.5, 0.6) is 0 Å². The third-order valence-electron chi connectivity index (χ3n) is 5.34. The van der Waals surface area contributed by atoms with Gasteiger partial charge in [0.15, 0.2) is 0 Å². The number of likely N-dealkylation sites (N-methyl/N-ethyl adjacent to an activating group) is 1. The molecule has 0 aromatic heterocycles. The Morgan fingerprint density at radius 3 is 2.06 bits per heavy atom. The smallest absolute Gasteiger partial charge is 0.379 e. The average Bonchev–Trinajstić information content (AvgIpc) is 2.79. The van der Waals surface area contributed by atoms with Gasteiger partial charge in [-0.25, -0.2) is 4.57 Å². The minimum absolute atomic E-state index is 0.0457. The molecule has 0 spiro atoms. The molecule has 1 N–H and O–H groups in total. The van der Waals surface area contributed by atoms with Crippen molar-refractivity contribution in [1.29, 1.82) is 0 Å². The number of methoxy groups -OCH3 is 1. The zero-order chi connectivity index (χ0) is 25.3. The average molecular weight is 506 g/mol. The number of unbranched alkanes of at least 4 members (excludes halogenated alkanes) is 9. The van der Waals surface area contributed by atoms with Crippen molar-refractivity contribution in [3.8, 4) is 0 Å². The van der Waals surface area contributed by atoms with Crippen LogP contribution < -0.4 is 0 Å². The van der Waals surface area contributed by atoms with Gasteiger partial charge in [-0.3, -0.25) is 9.05 Å². The van der Waals surface area contributed by atoms with Crippen LogP contribution in [0.1, 0.15) is 84.0 Å². The number of allylic oxidation sites excluding steroid dienone is 4. The number of nitrogens with zero attached hydrogens (tertiary/aromatic N) is 1. The molecule has 0 saturated heterocycles. The Hall–Kier alpha value is -0.530. The van der Waals surface area contributed by atoms with Crippen LogP contribution in [0.4, 0.5) is 0 Å². The van der Waals surface area contributed by atoms with Crippen LogP contribution in [0.25, 0.3) is 0 Å². The number of ether oxygens (including phenoxy) is 2. The SMILES string of the molecule is CCCCCC=CCC=CCCCCCCCCOCC(COP(=O)(O)OCCN(C)C)OC. The van der Waals surface area contributed by atoms with Crippen molar-refractivity contribution in [2.75, 3.05) is 54.2 Å². The van der Waals surface area contributed by atoms with Crippen molar-refractivity contribution >= 4 is 7.82 Å². The molecule has 0 aliphatic carbocycles. The molecule has 2 unspecified atom stereocenters. The molecule has 0 bridgehead atoms. The lowest BCUT2D eigenvalue weighted by Crippen LogP contribution is -2.24. The highest BCUT2D eigenvalue weighted by Gasteiger charge is 2.23. The van der Waals surface area contributed by atoms with E-state index in [1.165, 1.54) is 64.9 Å². The van der Waals surface area contributed by atoms with Crippen LogP contribution in [0.2, 0.25) is 0 Å². The van der Waals surface area contributed by atoms with E-state index in [9.17, 15) is 9.46 Å². The summed E-state index contributed by atoms with van der Waals surface area (Å²) in [5.41, 5.74) is 0. The van der Waals surface area contributed by atoms with Crippen LogP contribution in [0.3, 0.4) is 0 Å². The molecular weight excluding hydrogens is 453 g/mol. The Morgan fingerprint density at radius 2 is 1.44 bits per heavy atom. The van der Waals surface area contributed by atoms with Crippen molar-refractivity contribution in [1.82, 2.24) is 4.90 Å². The van der Waals surface area contributed by atoms with E-state index >= 15 is 0 Å². The molecule has 2 atom stereocenters. The first-order valence-corrected chi connectivity index (χ1v) is 14.6. The summed E-state index contributed by atoms with van der Waals surface area (Å²) in [6, 6.07) is 0. The van der Waals surface area contributed by atoms with E-state index in [0.717, 1.165) is 19.3 Å². The molecule has 0 amide bonds. The molecule has 0 aromatic carbocycles. The Balaban J connectivity index is 3.55. The van der Waals surface area contributed by atoms with E-state index < -0.39 is 13.9 Å². The van der Waals surface area contributed by atoms with E-state index in [4.69, 9.17) is 18.5 Å². The normalized spacial score (nSPS) is 15.0. The van der Waals surface area contributed by atoms with E-state index in [0.29, 0.717) is 19.8 Å². The second-order valence-corrected chi connectivity index (χ2v) is 10.4. The predicted octanol–water partition coefficient (Wildman–Crippen LogP) is 6.53. The summed E-state index contributed by atoms with van der Waals surface area (Å²) < 4.78 is 32.7. The number of hydrogen-bond acceptors (Lipinski definition) is 6. The minimum Gasteiger partial charge on any atom is -0.379 e. The lowest BCUT2D eigenvalue weighted by Gasteiger charge is -2.18. The summed E-state index contributed by atoms with van der Waals surface area (Å²) in [6.45, 7) is 3.85. The number of phosphoric acid groups is 1. The second kappa shape index (κ2) is 24.2. The molecule has 0 aliphatic rings. The van der Waals surface area contributed by atoms with Crippen molar-refractivity contribution in [2.45, 2.75) is 90.1 Å². The van der Waals surface area contributed by atoms with Crippen molar-refractivity contribution < 1.29 is 28.0 Å². The Kier molecular flexibility index (Phi) is 23.8. The number of phosphoric ester groups is 1. The molecule has 202 valence electrons. The Labute approximate surface area is 209 Å². The van der Waals surface area contributed by atoms with Crippen molar-refractivity contribution in [2.24, 2.45) is 0 Å². The quantitative estimate of drug-likeness (QED) is 0.0859. The zero-order valence-electron chi connectivity index (χ0n) is 22.3. The fourth-order valence-electron chi connectivity index (χ4n) is 3.14. The molecule has 8 heteroatoms. The topological polar surface area (TPSA) is 77.5 Å². The van der Waals surface area contributed by atoms with E-state index in [2.05, 4.69) is 31.2 Å². The largest absolute Gasteiger partial charge is 0.472 e. The number of rotatable bonds is 25. The zero-order valence-corrected chi connectivity index (χ0v) is 23.2. The highest BCUT2D eigenvalue weighted by atomic mass is 31.2. The highest BCUT2D eigenvalue weighted by molar-refractivity contribution is 7.47. The van der Waals surface area contributed by atoms with Crippen LogP contribution >= 0.6 is 7.82 Å². The minimum atomic E-state index is -4.06. The third-order valence-corrected chi connectivity index (χ3v) is 6.33. The van der Waals surface area contributed by atoms with Crippen LogP contribution in [-0.4, -0.2) is 70.1 Å². The lowest BCUT2D eigenvalue weighted by atomic mass is 10.1. The summed E-state index contributed by atoms with van der Waals surface area (Å²) in [5, 5.41) is 0. The van der Waals surface area contributed by atoms with Gasteiger partial charge in [0.05, 0.1) is 19.8 Å². The Bertz CT molecular complexity index is 541. The summed E-state index contributed by atoms with van der Waals surface area (Å²) >= 11 is 0. The second-order valence-electron chi connectivity index (χ2n) is 8.92. The fourth-order valence-corrected chi connectivity index (χ4v) is 3.89. The summed E-state index contributed by atoms with van der Waals surface area (Å²) in [7, 11) is 1.19. The first kappa shape index (κ1) is 33.5. The molecule has 34 heavy (non-hydrogen) atoms. The van der Waals surface area contributed by atoms with Gasteiger partial charge in [-0.1, -0.05) is 69.8 Å². The van der Waals surface area contributed by atoms with Gasteiger partial charge in [0, 0.05) is 20.3 Å². The van der Waals surface area contributed by atoms with E-state index in [-0.39, 0.29) is 13.2 Å². The van der Waals surface area contributed by atoms with Crippen molar-refractivity contribution in [3.63, 3.8) is 0 Å². The molecule has 0 rings (SSSR count).